The van der Waals surface area contributed by atoms with Crippen LogP contribution in [0.4, 0.5) is 0 Å². The van der Waals surface area contributed by atoms with Crippen molar-refractivity contribution in [1.29, 1.82) is 0 Å². The minimum atomic E-state index is 0.370. The fraction of sp³-hybridized carbons (Fsp3) is 1.00. The third kappa shape index (κ3) is 18.3. The van der Waals surface area contributed by atoms with Crippen LogP contribution in [0.3, 0.4) is 0 Å². The Morgan fingerprint density at radius 1 is 0.421 bits per heavy atom. The van der Waals surface area contributed by atoms with Crippen LogP contribution in [0.15, 0.2) is 0 Å². The van der Waals surface area contributed by atoms with Gasteiger partial charge in [0.15, 0.2) is 0 Å². The first-order chi connectivity index (χ1) is 9.41. The zero-order chi connectivity index (χ0) is 14.0. The minimum absolute atomic E-state index is 0.370. The molecule has 0 radical (unpaired) electrons. The average molecular weight is 289 g/mol. The smallest absolute Gasteiger partial charge is 0.0431 e. The van der Waals surface area contributed by atoms with Gasteiger partial charge in [0.1, 0.15) is 0 Å². The summed E-state index contributed by atoms with van der Waals surface area (Å²) in [6.07, 6.45) is 20.4. The maximum Gasteiger partial charge on any atom is 0.0431 e. The van der Waals surface area contributed by atoms with Crippen molar-refractivity contribution >= 4 is 12.6 Å². The van der Waals surface area contributed by atoms with Crippen molar-refractivity contribution in [2.75, 3.05) is 12.4 Å². The summed E-state index contributed by atoms with van der Waals surface area (Å²) in [5, 5.41) is 8.67. The van der Waals surface area contributed by atoms with Crippen LogP contribution in [0.5, 0.6) is 0 Å². The highest BCUT2D eigenvalue weighted by atomic mass is 32.1. The van der Waals surface area contributed by atoms with Crippen LogP contribution in [-0.2, 0) is 0 Å². The number of unbranched alkanes of at least 4 members (excludes halogenated alkanes) is 14. The summed E-state index contributed by atoms with van der Waals surface area (Å²) < 4.78 is 0. The monoisotopic (exact) mass is 288 g/mol. The van der Waals surface area contributed by atoms with Gasteiger partial charge >= 0.3 is 0 Å². The molecule has 0 unspecified atom stereocenters. The number of rotatable bonds is 16. The van der Waals surface area contributed by atoms with Crippen LogP contribution in [-0.4, -0.2) is 17.5 Å². The van der Waals surface area contributed by atoms with E-state index in [-0.39, 0.29) is 0 Å². The van der Waals surface area contributed by atoms with Gasteiger partial charge in [-0.25, -0.2) is 0 Å². The molecular formula is C17H36OS. The lowest BCUT2D eigenvalue weighted by atomic mass is 10.0. The highest BCUT2D eigenvalue weighted by molar-refractivity contribution is 7.80. The summed E-state index contributed by atoms with van der Waals surface area (Å²) in [7, 11) is 0. The Bertz CT molecular complexity index is 134. The first-order valence-corrected chi connectivity index (χ1v) is 9.26. The normalized spacial score (nSPS) is 11.1. The van der Waals surface area contributed by atoms with Gasteiger partial charge in [-0.1, -0.05) is 83.5 Å². The molecule has 1 nitrogen and oxygen atoms in total. The van der Waals surface area contributed by atoms with E-state index in [2.05, 4.69) is 12.6 Å². The highest BCUT2D eigenvalue weighted by Gasteiger charge is 1.94. The van der Waals surface area contributed by atoms with Gasteiger partial charge in [0.2, 0.25) is 0 Å². The summed E-state index contributed by atoms with van der Waals surface area (Å²) >= 11 is 4.23. The highest BCUT2D eigenvalue weighted by Crippen LogP contribution is 2.13. The van der Waals surface area contributed by atoms with Gasteiger partial charge in [-0.15, -0.1) is 0 Å². The Labute approximate surface area is 127 Å². The van der Waals surface area contributed by atoms with E-state index in [4.69, 9.17) is 5.11 Å². The van der Waals surface area contributed by atoms with E-state index >= 15 is 0 Å². The van der Waals surface area contributed by atoms with Gasteiger partial charge in [-0.05, 0) is 18.6 Å². The van der Waals surface area contributed by atoms with Crippen LogP contribution >= 0.6 is 12.6 Å². The van der Waals surface area contributed by atoms with Crippen molar-refractivity contribution in [3.63, 3.8) is 0 Å². The minimum Gasteiger partial charge on any atom is -0.396 e. The van der Waals surface area contributed by atoms with Crippen LogP contribution in [0.2, 0.25) is 0 Å². The van der Waals surface area contributed by atoms with E-state index in [9.17, 15) is 0 Å². The van der Waals surface area contributed by atoms with E-state index in [1.807, 2.05) is 0 Å². The Morgan fingerprint density at radius 3 is 0.947 bits per heavy atom. The largest absolute Gasteiger partial charge is 0.396 e. The molecule has 0 rings (SSSR count). The molecule has 0 fully saturated rings. The molecular weight excluding hydrogens is 252 g/mol. The maximum atomic E-state index is 8.67. The molecule has 0 aliphatic rings. The molecule has 0 atom stereocenters. The zero-order valence-corrected chi connectivity index (χ0v) is 13.8. The first kappa shape index (κ1) is 19.3. The van der Waals surface area contributed by atoms with Gasteiger partial charge < -0.3 is 5.11 Å². The lowest BCUT2D eigenvalue weighted by molar-refractivity contribution is 0.282. The molecule has 0 aliphatic carbocycles. The van der Waals surface area contributed by atoms with Crippen LogP contribution in [0.25, 0.3) is 0 Å². The number of aliphatic hydroxyl groups is 1. The Hall–Kier alpha value is 0.310. The molecule has 0 amide bonds. The maximum absolute atomic E-state index is 8.67. The fourth-order valence-corrected chi connectivity index (χ4v) is 2.75. The summed E-state index contributed by atoms with van der Waals surface area (Å²) in [6, 6.07) is 0. The zero-order valence-electron chi connectivity index (χ0n) is 12.9. The SMILES string of the molecule is OCCCCCCCCCCCCCCCCCS. The van der Waals surface area contributed by atoms with Crippen molar-refractivity contribution in [2.45, 2.75) is 96.3 Å². The Kier molecular flexibility index (Phi) is 18.6. The molecule has 0 aliphatic heterocycles. The molecule has 0 bridgehead atoms. The molecule has 19 heavy (non-hydrogen) atoms. The molecule has 2 heteroatoms. The second-order valence-electron chi connectivity index (χ2n) is 5.75. The lowest BCUT2D eigenvalue weighted by Crippen LogP contribution is -1.85. The fourth-order valence-electron chi connectivity index (χ4n) is 2.52. The number of aliphatic hydroxyl groups excluding tert-OH is 1. The van der Waals surface area contributed by atoms with Crippen LogP contribution in [0.1, 0.15) is 96.3 Å². The summed E-state index contributed by atoms with van der Waals surface area (Å²) in [4.78, 5) is 0. The molecule has 0 aromatic heterocycles. The second-order valence-corrected chi connectivity index (χ2v) is 6.20. The van der Waals surface area contributed by atoms with E-state index < -0.39 is 0 Å². The first-order valence-electron chi connectivity index (χ1n) is 8.63. The Morgan fingerprint density at radius 2 is 0.684 bits per heavy atom. The van der Waals surface area contributed by atoms with Gasteiger partial charge in [0, 0.05) is 6.61 Å². The molecule has 0 saturated heterocycles. The van der Waals surface area contributed by atoms with Gasteiger partial charge in [0.25, 0.3) is 0 Å². The van der Waals surface area contributed by atoms with Gasteiger partial charge in [-0.3, -0.25) is 0 Å². The quantitative estimate of drug-likeness (QED) is 0.273. The van der Waals surface area contributed by atoms with Crippen LogP contribution in [0, 0.1) is 0 Å². The number of hydrogen-bond acceptors (Lipinski definition) is 2. The van der Waals surface area contributed by atoms with Crippen molar-refractivity contribution in [3.8, 4) is 0 Å². The van der Waals surface area contributed by atoms with E-state index in [1.54, 1.807) is 0 Å². The third-order valence-electron chi connectivity index (χ3n) is 3.82. The molecule has 0 heterocycles. The molecule has 1 N–H and O–H groups in total. The van der Waals surface area contributed by atoms with E-state index in [1.165, 1.54) is 89.9 Å². The van der Waals surface area contributed by atoms with Crippen LogP contribution < -0.4 is 0 Å². The summed E-state index contributed by atoms with van der Waals surface area (Å²) in [5.41, 5.74) is 0. The van der Waals surface area contributed by atoms with E-state index in [0.29, 0.717) is 6.61 Å². The van der Waals surface area contributed by atoms with Crippen molar-refractivity contribution in [3.05, 3.63) is 0 Å². The molecule has 0 saturated carbocycles. The number of hydrogen-bond donors (Lipinski definition) is 2. The van der Waals surface area contributed by atoms with Gasteiger partial charge in [-0.2, -0.15) is 12.6 Å². The van der Waals surface area contributed by atoms with Gasteiger partial charge in [0.05, 0.1) is 0 Å². The number of thiol groups is 1. The summed E-state index contributed by atoms with van der Waals surface area (Å²) in [6.45, 7) is 0.370. The second kappa shape index (κ2) is 18.3. The van der Waals surface area contributed by atoms with Crippen molar-refractivity contribution in [2.24, 2.45) is 0 Å². The average Bonchev–Trinajstić information content (AvgIpc) is 2.43. The Balaban J connectivity index is 2.88. The van der Waals surface area contributed by atoms with E-state index in [0.717, 1.165) is 12.2 Å². The molecule has 0 aromatic rings. The summed E-state index contributed by atoms with van der Waals surface area (Å²) in [5.74, 6) is 1.06. The molecule has 116 valence electrons. The lowest BCUT2D eigenvalue weighted by Gasteiger charge is -2.03. The third-order valence-corrected chi connectivity index (χ3v) is 4.13. The molecule has 0 aromatic carbocycles. The molecule has 0 spiro atoms. The standard InChI is InChI=1S/C17H36OS/c18-16-14-12-10-8-6-4-2-1-3-5-7-9-11-13-15-17-19/h18-19H,1-17H2. The van der Waals surface area contributed by atoms with Crippen molar-refractivity contribution in [1.82, 2.24) is 0 Å². The van der Waals surface area contributed by atoms with Crippen molar-refractivity contribution < 1.29 is 5.11 Å². The predicted molar refractivity (Wildman–Crippen MR) is 90.2 cm³/mol. The predicted octanol–water partition coefficient (Wildman–Crippen LogP) is 5.76. The topological polar surface area (TPSA) is 20.2 Å².